The standard InChI is InChI=1S/C10H12O2S/c1-7-3-4-10-9(5-7)6-8(2)13(10,11)12/h3-5,8H,6H2,1-2H3. The Hall–Kier alpha value is -0.830. The lowest BCUT2D eigenvalue weighted by atomic mass is 10.1. The summed E-state index contributed by atoms with van der Waals surface area (Å²) in [6, 6.07) is 5.55. The molecule has 2 rings (SSSR count). The summed E-state index contributed by atoms with van der Waals surface area (Å²) in [5.41, 5.74) is 2.11. The molecule has 0 fully saturated rings. The fourth-order valence-electron chi connectivity index (χ4n) is 1.78. The van der Waals surface area contributed by atoms with Gasteiger partial charge in [-0.3, -0.25) is 0 Å². The van der Waals surface area contributed by atoms with Crippen LogP contribution < -0.4 is 0 Å². The number of hydrogen-bond donors (Lipinski definition) is 0. The highest BCUT2D eigenvalue weighted by molar-refractivity contribution is 7.92. The molecule has 1 aromatic carbocycles. The molecule has 70 valence electrons. The molecular weight excluding hydrogens is 184 g/mol. The predicted octanol–water partition coefficient (Wildman–Crippen LogP) is 1.71. The Morgan fingerprint density at radius 1 is 1.38 bits per heavy atom. The first kappa shape index (κ1) is 8.75. The molecule has 1 aromatic rings. The van der Waals surface area contributed by atoms with Crippen LogP contribution in [0.5, 0.6) is 0 Å². The van der Waals surface area contributed by atoms with Crippen LogP contribution in [-0.2, 0) is 16.3 Å². The first-order valence-corrected chi connectivity index (χ1v) is 5.90. The van der Waals surface area contributed by atoms with E-state index >= 15 is 0 Å². The molecule has 0 aliphatic carbocycles. The van der Waals surface area contributed by atoms with E-state index in [1.807, 2.05) is 19.1 Å². The van der Waals surface area contributed by atoms with Crippen molar-refractivity contribution in [3.8, 4) is 0 Å². The molecule has 1 aliphatic rings. The molecule has 0 saturated heterocycles. The van der Waals surface area contributed by atoms with E-state index < -0.39 is 9.84 Å². The third-order valence-corrected chi connectivity index (χ3v) is 4.80. The van der Waals surface area contributed by atoms with E-state index in [9.17, 15) is 8.42 Å². The maximum atomic E-state index is 11.7. The minimum absolute atomic E-state index is 0.246. The monoisotopic (exact) mass is 196 g/mol. The molecule has 1 unspecified atom stereocenters. The number of hydrogen-bond acceptors (Lipinski definition) is 2. The summed E-state index contributed by atoms with van der Waals surface area (Å²) < 4.78 is 23.4. The van der Waals surface area contributed by atoms with Crippen molar-refractivity contribution in [1.29, 1.82) is 0 Å². The Labute approximate surface area is 78.5 Å². The first-order valence-electron chi connectivity index (χ1n) is 4.35. The van der Waals surface area contributed by atoms with Crippen LogP contribution in [-0.4, -0.2) is 13.7 Å². The third kappa shape index (κ3) is 1.18. The maximum Gasteiger partial charge on any atom is 0.181 e. The van der Waals surface area contributed by atoms with Crippen molar-refractivity contribution in [1.82, 2.24) is 0 Å². The fourth-order valence-corrected chi connectivity index (χ4v) is 3.38. The molecule has 1 aliphatic heterocycles. The Morgan fingerprint density at radius 2 is 2.08 bits per heavy atom. The summed E-state index contributed by atoms with van der Waals surface area (Å²) in [5, 5.41) is -0.246. The van der Waals surface area contributed by atoms with Crippen molar-refractivity contribution in [3.63, 3.8) is 0 Å². The van der Waals surface area contributed by atoms with Gasteiger partial charge in [0, 0.05) is 0 Å². The van der Waals surface area contributed by atoms with E-state index in [0.717, 1.165) is 11.1 Å². The lowest BCUT2D eigenvalue weighted by Gasteiger charge is -1.99. The molecule has 0 bridgehead atoms. The molecule has 0 amide bonds. The van der Waals surface area contributed by atoms with Crippen LogP contribution in [0.15, 0.2) is 23.1 Å². The normalized spacial score (nSPS) is 24.3. The van der Waals surface area contributed by atoms with Crippen LogP contribution in [0.1, 0.15) is 18.1 Å². The van der Waals surface area contributed by atoms with Gasteiger partial charge in [-0.2, -0.15) is 0 Å². The van der Waals surface area contributed by atoms with Gasteiger partial charge in [-0.1, -0.05) is 17.7 Å². The van der Waals surface area contributed by atoms with Gasteiger partial charge >= 0.3 is 0 Å². The van der Waals surface area contributed by atoms with E-state index in [-0.39, 0.29) is 5.25 Å². The fraction of sp³-hybridized carbons (Fsp3) is 0.400. The minimum Gasteiger partial charge on any atom is -0.223 e. The number of rotatable bonds is 0. The zero-order valence-electron chi connectivity index (χ0n) is 7.74. The molecule has 0 radical (unpaired) electrons. The topological polar surface area (TPSA) is 34.1 Å². The van der Waals surface area contributed by atoms with Gasteiger partial charge in [0.1, 0.15) is 0 Å². The summed E-state index contributed by atoms with van der Waals surface area (Å²) in [6.07, 6.45) is 0.666. The number of sulfone groups is 1. The van der Waals surface area contributed by atoms with Crippen molar-refractivity contribution in [2.75, 3.05) is 0 Å². The number of benzene rings is 1. The highest BCUT2D eigenvalue weighted by atomic mass is 32.2. The molecule has 1 heterocycles. The molecule has 3 heteroatoms. The van der Waals surface area contributed by atoms with Crippen LogP contribution in [0, 0.1) is 6.92 Å². The third-order valence-electron chi connectivity index (χ3n) is 2.56. The molecule has 0 N–H and O–H groups in total. The Balaban J connectivity index is 2.69. The van der Waals surface area contributed by atoms with Gasteiger partial charge in [0.15, 0.2) is 9.84 Å². The van der Waals surface area contributed by atoms with E-state index in [1.165, 1.54) is 0 Å². The predicted molar refractivity (Wildman–Crippen MR) is 51.5 cm³/mol. The molecule has 2 nitrogen and oxygen atoms in total. The van der Waals surface area contributed by atoms with Crippen LogP contribution in [0.25, 0.3) is 0 Å². The highest BCUT2D eigenvalue weighted by Crippen LogP contribution is 2.31. The minimum atomic E-state index is -3.00. The van der Waals surface area contributed by atoms with Crippen molar-refractivity contribution in [2.45, 2.75) is 30.4 Å². The van der Waals surface area contributed by atoms with Crippen molar-refractivity contribution < 1.29 is 8.42 Å². The summed E-state index contributed by atoms with van der Waals surface area (Å²) >= 11 is 0. The van der Waals surface area contributed by atoms with Gasteiger partial charge in [0.2, 0.25) is 0 Å². The van der Waals surface area contributed by atoms with Gasteiger partial charge in [0.25, 0.3) is 0 Å². The highest BCUT2D eigenvalue weighted by Gasteiger charge is 2.33. The largest absolute Gasteiger partial charge is 0.223 e. The van der Waals surface area contributed by atoms with Gasteiger partial charge < -0.3 is 0 Å². The van der Waals surface area contributed by atoms with E-state index in [4.69, 9.17) is 0 Å². The van der Waals surface area contributed by atoms with Gasteiger partial charge in [-0.05, 0) is 31.9 Å². The van der Waals surface area contributed by atoms with Crippen molar-refractivity contribution in [3.05, 3.63) is 29.3 Å². The van der Waals surface area contributed by atoms with Crippen molar-refractivity contribution in [2.24, 2.45) is 0 Å². The zero-order chi connectivity index (χ0) is 9.64. The van der Waals surface area contributed by atoms with E-state index in [1.54, 1.807) is 13.0 Å². The number of fused-ring (bicyclic) bond motifs is 1. The number of aryl methyl sites for hydroxylation is 1. The average Bonchev–Trinajstić information content (AvgIpc) is 2.23. The van der Waals surface area contributed by atoms with Gasteiger partial charge in [0.05, 0.1) is 10.1 Å². The lowest BCUT2D eigenvalue weighted by molar-refractivity contribution is 0.590. The Bertz CT molecular complexity index is 446. The molecule has 0 saturated carbocycles. The van der Waals surface area contributed by atoms with Gasteiger partial charge in [-0.25, -0.2) is 8.42 Å². The zero-order valence-corrected chi connectivity index (χ0v) is 8.56. The second-order valence-corrected chi connectivity index (χ2v) is 6.01. The Morgan fingerprint density at radius 3 is 2.77 bits per heavy atom. The average molecular weight is 196 g/mol. The van der Waals surface area contributed by atoms with E-state index in [2.05, 4.69) is 0 Å². The second-order valence-electron chi connectivity index (χ2n) is 3.67. The molecule has 1 atom stereocenters. The SMILES string of the molecule is Cc1ccc2c(c1)CC(C)S2(=O)=O. The van der Waals surface area contributed by atoms with Gasteiger partial charge in [-0.15, -0.1) is 0 Å². The molecule has 0 aromatic heterocycles. The van der Waals surface area contributed by atoms with Crippen LogP contribution in [0.2, 0.25) is 0 Å². The summed E-state index contributed by atoms with van der Waals surface area (Å²) in [6.45, 7) is 3.75. The first-order chi connectivity index (χ1) is 6.01. The summed E-state index contributed by atoms with van der Waals surface area (Å²) in [7, 11) is -3.00. The summed E-state index contributed by atoms with van der Waals surface area (Å²) in [5.74, 6) is 0. The maximum absolute atomic E-state index is 11.7. The molecule has 13 heavy (non-hydrogen) atoms. The quantitative estimate of drug-likeness (QED) is 0.633. The smallest absolute Gasteiger partial charge is 0.181 e. The van der Waals surface area contributed by atoms with Crippen LogP contribution in [0.3, 0.4) is 0 Å². The van der Waals surface area contributed by atoms with Crippen LogP contribution >= 0.6 is 0 Å². The van der Waals surface area contributed by atoms with Crippen molar-refractivity contribution >= 4 is 9.84 Å². The summed E-state index contributed by atoms with van der Waals surface area (Å²) in [4.78, 5) is 0.533. The molecule has 0 spiro atoms. The Kier molecular flexibility index (Phi) is 1.74. The lowest BCUT2D eigenvalue weighted by Crippen LogP contribution is -2.11. The second kappa shape index (κ2) is 2.58. The molecular formula is C10H12O2S. The van der Waals surface area contributed by atoms with Crippen LogP contribution in [0.4, 0.5) is 0 Å². The van der Waals surface area contributed by atoms with E-state index in [0.29, 0.717) is 11.3 Å².